The van der Waals surface area contributed by atoms with E-state index in [4.69, 9.17) is 15.9 Å². The molecule has 21 heavy (non-hydrogen) atoms. The Kier molecular flexibility index (Phi) is 4.96. The molecule has 0 radical (unpaired) electrons. The van der Waals surface area contributed by atoms with Gasteiger partial charge >= 0.3 is 0 Å². The summed E-state index contributed by atoms with van der Waals surface area (Å²) in [7, 11) is 0. The highest BCUT2D eigenvalue weighted by Gasteiger charge is 2.12. The van der Waals surface area contributed by atoms with Crippen LogP contribution >= 0.6 is 11.3 Å². The number of hydrogen-bond donors (Lipinski definition) is 2. The summed E-state index contributed by atoms with van der Waals surface area (Å²) in [6.45, 7) is 6.74. The summed E-state index contributed by atoms with van der Waals surface area (Å²) in [5, 5.41) is 8.43. The molecule has 0 unspecified atom stereocenters. The molecular formula is C16H21N3OS. The molecular weight excluding hydrogens is 282 g/mol. The van der Waals surface area contributed by atoms with Crippen LogP contribution in [0, 0.1) is 5.41 Å². The Hall–Kier alpha value is -1.88. The van der Waals surface area contributed by atoms with Crippen molar-refractivity contribution in [1.82, 2.24) is 4.98 Å². The van der Waals surface area contributed by atoms with Crippen LogP contribution in [0.4, 0.5) is 0 Å². The minimum absolute atomic E-state index is 0.0809. The predicted octanol–water partition coefficient (Wildman–Crippen LogP) is 3.69. The van der Waals surface area contributed by atoms with Gasteiger partial charge in [0, 0.05) is 0 Å². The van der Waals surface area contributed by atoms with Crippen molar-refractivity contribution in [2.24, 2.45) is 5.73 Å². The van der Waals surface area contributed by atoms with Crippen LogP contribution in [0.3, 0.4) is 0 Å². The summed E-state index contributed by atoms with van der Waals surface area (Å²) in [5.41, 5.74) is 7.71. The molecule has 0 bridgehead atoms. The van der Waals surface area contributed by atoms with E-state index in [9.17, 15) is 0 Å². The average Bonchev–Trinajstić information content (AvgIpc) is 2.89. The molecule has 0 spiro atoms. The zero-order valence-electron chi connectivity index (χ0n) is 12.6. The number of nitrogens with one attached hydrogen (secondary N) is 1. The minimum Gasteiger partial charge on any atom is -0.486 e. The smallest absolute Gasteiger partial charge is 0.140 e. The summed E-state index contributed by atoms with van der Waals surface area (Å²) in [6.07, 6.45) is 0.772. The summed E-state index contributed by atoms with van der Waals surface area (Å²) in [5.74, 6) is 1.40. The molecule has 0 aliphatic heterocycles. The van der Waals surface area contributed by atoms with Crippen LogP contribution < -0.4 is 10.5 Å². The lowest BCUT2D eigenvalue weighted by molar-refractivity contribution is 0.305. The lowest BCUT2D eigenvalue weighted by Gasteiger charge is -2.08. The van der Waals surface area contributed by atoms with Gasteiger partial charge in [0.15, 0.2) is 0 Å². The van der Waals surface area contributed by atoms with E-state index >= 15 is 0 Å². The molecule has 0 atom stereocenters. The van der Waals surface area contributed by atoms with E-state index in [1.807, 2.05) is 19.1 Å². The molecule has 0 aliphatic rings. The lowest BCUT2D eigenvalue weighted by atomic mass is 10.0. The topological polar surface area (TPSA) is 72.0 Å². The van der Waals surface area contributed by atoms with Crippen LogP contribution in [0.2, 0.25) is 0 Å². The van der Waals surface area contributed by atoms with Crippen molar-refractivity contribution in [1.29, 1.82) is 5.41 Å². The van der Waals surface area contributed by atoms with E-state index in [1.54, 1.807) is 0 Å². The van der Waals surface area contributed by atoms with Gasteiger partial charge < -0.3 is 10.5 Å². The van der Waals surface area contributed by atoms with Gasteiger partial charge in [0.05, 0.1) is 10.6 Å². The minimum atomic E-state index is 0.0809. The first kappa shape index (κ1) is 15.5. The zero-order chi connectivity index (χ0) is 15.4. The maximum Gasteiger partial charge on any atom is 0.140 e. The number of amidine groups is 1. The Labute approximate surface area is 129 Å². The molecule has 3 N–H and O–H groups in total. The quantitative estimate of drug-likeness (QED) is 0.631. The molecule has 4 nitrogen and oxygen atoms in total. The van der Waals surface area contributed by atoms with Gasteiger partial charge in [0.25, 0.3) is 0 Å². The second-order valence-electron chi connectivity index (χ2n) is 5.17. The number of hydrogen-bond acceptors (Lipinski definition) is 4. The van der Waals surface area contributed by atoms with E-state index in [-0.39, 0.29) is 5.84 Å². The molecule has 0 amide bonds. The molecule has 1 aromatic carbocycles. The maximum atomic E-state index is 7.57. The Bertz CT molecular complexity index is 634. The normalized spacial score (nSPS) is 10.9. The SMILES string of the molecule is CCc1nc(COc2cccc(C(C)C)c2)sc1C(=N)N. The van der Waals surface area contributed by atoms with Gasteiger partial charge in [-0.15, -0.1) is 11.3 Å². The van der Waals surface area contributed by atoms with Gasteiger partial charge in [0.2, 0.25) is 0 Å². The third kappa shape index (κ3) is 3.82. The Morgan fingerprint density at radius 1 is 1.43 bits per heavy atom. The van der Waals surface area contributed by atoms with Gasteiger partial charge in [-0.2, -0.15) is 0 Å². The summed E-state index contributed by atoms with van der Waals surface area (Å²) in [6, 6.07) is 8.12. The number of aromatic nitrogens is 1. The molecule has 0 saturated heterocycles. The summed E-state index contributed by atoms with van der Waals surface area (Å²) in [4.78, 5) is 5.25. The second-order valence-corrected chi connectivity index (χ2v) is 6.25. The zero-order valence-corrected chi connectivity index (χ0v) is 13.5. The molecule has 1 heterocycles. The first-order valence-corrected chi connectivity index (χ1v) is 7.88. The molecule has 2 aromatic rings. The van der Waals surface area contributed by atoms with Crippen molar-refractivity contribution < 1.29 is 4.74 Å². The van der Waals surface area contributed by atoms with Gasteiger partial charge in [-0.3, -0.25) is 5.41 Å². The highest BCUT2D eigenvalue weighted by molar-refractivity contribution is 7.13. The average molecular weight is 303 g/mol. The number of thiazole rings is 1. The largest absolute Gasteiger partial charge is 0.486 e. The van der Waals surface area contributed by atoms with Crippen molar-refractivity contribution >= 4 is 17.2 Å². The highest BCUT2D eigenvalue weighted by atomic mass is 32.1. The number of aryl methyl sites for hydroxylation is 1. The molecule has 1 aromatic heterocycles. The second kappa shape index (κ2) is 6.72. The fraction of sp³-hybridized carbons (Fsp3) is 0.375. The molecule has 112 valence electrons. The third-order valence-electron chi connectivity index (χ3n) is 3.21. The molecule has 5 heteroatoms. The van der Waals surface area contributed by atoms with Crippen LogP contribution in [0.15, 0.2) is 24.3 Å². The number of rotatable bonds is 6. The summed E-state index contributed by atoms with van der Waals surface area (Å²) >= 11 is 1.44. The van der Waals surface area contributed by atoms with Crippen LogP contribution in [0.1, 0.15) is 47.8 Å². The van der Waals surface area contributed by atoms with E-state index in [0.29, 0.717) is 12.5 Å². The van der Waals surface area contributed by atoms with Gasteiger partial charge in [-0.1, -0.05) is 32.9 Å². The molecule has 0 saturated carbocycles. The Morgan fingerprint density at radius 2 is 2.19 bits per heavy atom. The Balaban J connectivity index is 2.09. The summed E-state index contributed by atoms with van der Waals surface area (Å²) < 4.78 is 5.81. The number of nitrogen functional groups attached to an aromatic ring is 1. The fourth-order valence-electron chi connectivity index (χ4n) is 2.02. The number of nitrogens with zero attached hydrogens (tertiary/aromatic N) is 1. The number of nitrogens with two attached hydrogens (primary N) is 1. The third-order valence-corrected chi connectivity index (χ3v) is 4.31. The van der Waals surface area contributed by atoms with Crippen LogP contribution in [-0.2, 0) is 13.0 Å². The monoisotopic (exact) mass is 303 g/mol. The molecule has 0 fully saturated rings. The first-order chi connectivity index (χ1) is 10.0. The standard InChI is InChI=1S/C16H21N3OS/c1-4-13-15(16(17)18)21-14(19-13)9-20-12-7-5-6-11(8-12)10(2)3/h5-8,10H,4,9H2,1-3H3,(H3,17,18). The molecule has 2 rings (SSSR count). The van der Waals surface area contributed by atoms with E-state index in [1.165, 1.54) is 16.9 Å². The number of benzene rings is 1. The fourth-order valence-corrected chi connectivity index (χ4v) is 2.95. The van der Waals surface area contributed by atoms with E-state index < -0.39 is 0 Å². The number of ether oxygens (including phenoxy) is 1. The highest BCUT2D eigenvalue weighted by Crippen LogP contribution is 2.23. The van der Waals surface area contributed by atoms with E-state index in [0.717, 1.165) is 27.7 Å². The first-order valence-electron chi connectivity index (χ1n) is 7.07. The maximum absolute atomic E-state index is 7.57. The van der Waals surface area contributed by atoms with Gasteiger partial charge in [-0.25, -0.2) is 4.98 Å². The van der Waals surface area contributed by atoms with E-state index in [2.05, 4.69) is 31.0 Å². The van der Waals surface area contributed by atoms with Crippen molar-refractivity contribution in [2.75, 3.05) is 0 Å². The van der Waals surface area contributed by atoms with Crippen molar-refractivity contribution in [2.45, 2.75) is 39.7 Å². The van der Waals surface area contributed by atoms with Crippen LogP contribution in [-0.4, -0.2) is 10.8 Å². The Morgan fingerprint density at radius 3 is 2.76 bits per heavy atom. The van der Waals surface area contributed by atoms with Gasteiger partial charge in [0.1, 0.15) is 23.2 Å². The predicted molar refractivity (Wildman–Crippen MR) is 87.4 cm³/mol. The lowest BCUT2D eigenvalue weighted by Crippen LogP contribution is -2.11. The van der Waals surface area contributed by atoms with Gasteiger partial charge in [-0.05, 0) is 30.0 Å². The van der Waals surface area contributed by atoms with Crippen LogP contribution in [0.5, 0.6) is 5.75 Å². The molecule has 0 aliphatic carbocycles. The van der Waals surface area contributed by atoms with Crippen molar-refractivity contribution in [3.8, 4) is 5.75 Å². The van der Waals surface area contributed by atoms with Crippen molar-refractivity contribution in [3.05, 3.63) is 45.4 Å². The van der Waals surface area contributed by atoms with Crippen molar-refractivity contribution in [3.63, 3.8) is 0 Å². The van der Waals surface area contributed by atoms with Crippen LogP contribution in [0.25, 0.3) is 0 Å².